The lowest BCUT2D eigenvalue weighted by Crippen LogP contribution is -2.20. The van der Waals surface area contributed by atoms with E-state index < -0.39 is 0 Å². The van der Waals surface area contributed by atoms with Gasteiger partial charge >= 0.3 is 5.97 Å². The van der Waals surface area contributed by atoms with Gasteiger partial charge in [-0.2, -0.15) is 0 Å². The number of carbonyl (C=O) groups is 1. The van der Waals surface area contributed by atoms with Gasteiger partial charge in [-0.15, -0.1) is 11.8 Å². The van der Waals surface area contributed by atoms with E-state index in [9.17, 15) is 4.79 Å². The number of carbonyl (C=O) groups excluding carboxylic acids is 1. The summed E-state index contributed by atoms with van der Waals surface area (Å²) in [7, 11) is 3.37. The molecular weight excluding hydrogens is 246 g/mol. The van der Waals surface area contributed by atoms with Gasteiger partial charge in [-0.1, -0.05) is 23.8 Å². The second-order valence-electron chi connectivity index (χ2n) is 4.29. The van der Waals surface area contributed by atoms with Crippen LogP contribution < -0.4 is 5.32 Å². The minimum Gasteiger partial charge on any atom is -0.468 e. The smallest absolute Gasteiger partial charge is 0.315 e. The van der Waals surface area contributed by atoms with Crippen molar-refractivity contribution in [3.05, 3.63) is 34.9 Å². The number of ether oxygens (including phenoxy) is 1. The molecule has 0 aliphatic carbocycles. The monoisotopic (exact) mass is 267 g/mol. The fraction of sp³-hybridized carbons (Fsp3) is 0.500. The lowest BCUT2D eigenvalue weighted by Gasteiger charge is -2.19. The van der Waals surface area contributed by atoms with Crippen LogP contribution in [0.15, 0.2) is 18.2 Å². The average Bonchev–Trinajstić information content (AvgIpc) is 2.37. The maximum atomic E-state index is 11.1. The summed E-state index contributed by atoms with van der Waals surface area (Å²) in [6.07, 6.45) is 0. The number of nitrogens with one attached hydrogen (secondary N) is 1. The number of methoxy groups -OCH3 is 1. The molecule has 18 heavy (non-hydrogen) atoms. The Kier molecular flexibility index (Phi) is 6.22. The van der Waals surface area contributed by atoms with Crippen molar-refractivity contribution < 1.29 is 9.53 Å². The van der Waals surface area contributed by atoms with Crippen LogP contribution in [0.2, 0.25) is 0 Å². The summed E-state index contributed by atoms with van der Waals surface area (Å²) in [5, 5.41) is 3.31. The van der Waals surface area contributed by atoms with Crippen molar-refractivity contribution in [2.45, 2.75) is 19.9 Å². The number of thioether (sulfide) groups is 1. The van der Waals surface area contributed by atoms with Crippen LogP contribution in [0.4, 0.5) is 0 Å². The summed E-state index contributed by atoms with van der Waals surface area (Å²) in [4.78, 5) is 11.1. The van der Waals surface area contributed by atoms with Gasteiger partial charge < -0.3 is 10.1 Å². The highest BCUT2D eigenvalue weighted by Gasteiger charge is 2.13. The van der Waals surface area contributed by atoms with Crippen LogP contribution in [-0.4, -0.2) is 31.6 Å². The van der Waals surface area contributed by atoms with Crippen molar-refractivity contribution in [2.24, 2.45) is 0 Å². The third kappa shape index (κ3) is 4.35. The van der Waals surface area contributed by atoms with E-state index in [1.807, 2.05) is 7.05 Å². The maximum Gasteiger partial charge on any atom is 0.315 e. The quantitative estimate of drug-likeness (QED) is 0.804. The zero-order valence-corrected chi connectivity index (χ0v) is 12.3. The Labute approximate surface area is 113 Å². The Morgan fingerprint density at radius 3 is 2.78 bits per heavy atom. The number of hydrogen-bond acceptors (Lipinski definition) is 4. The number of hydrogen-bond donors (Lipinski definition) is 1. The lowest BCUT2D eigenvalue weighted by atomic mass is 10.0. The third-order valence-corrected chi connectivity index (χ3v) is 3.90. The maximum absolute atomic E-state index is 11.1. The minimum atomic E-state index is -0.171. The van der Waals surface area contributed by atoms with Crippen LogP contribution in [0.1, 0.15) is 22.7 Å². The van der Waals surface area contributed by atoms with Crippen molar-refractivity contribution in [3.8, 4) is 0 Å². The highest BCUT2D eigenvalue weighted by molar-refractivity contribution is 7.99. The van der Waals surface area contributed by atoms with Crippen molar-refractivity contribution in [2.75, 3.05) is 25.7 Å². The second-order valence-corrected chi connectivity index (χ2v) is 5.32. The summed E-state index contributed by atoms with van der Waals surface area (Å²) in [5.74, 6) is 1.09. The van der Waals surface area contributed by atoms with Crippen LogP contribution >= 0.6 is 11.8 Å². The molecule has 3 nitrogen and oxygen atoms in total. The van der Waals surface area contributed by atoms with Gasteiger partial charge in [0, 0.05) is 11.8 Å². The molecule has 0 aliphatic rings. The molecule has 0 bridgehead atoms. The standard InChI is InChI=1S/C14H21NO2S/c1-10-5-6-11(2)12(7-10)13(15-3)8-18-9-14(16)17-4/h5-7,13,15H,8-9H2,1-4H3. The first kappa shape index (κ1) is 15.1. The summed E-state index contributed by atoms with van der Waals surface area (Å²) in [6.45, 7) is 4.21. The van der Waals surface area contributed by atoms with E-state index in [0.29, 0.717) is 5.75 Å². The van der Waals surface area contributed by atoms with Gasteiger partial charge in [0.15, 0.2) is 0 Å². The number of aryl methyl sites for hydroxylation is 2. The van der Waals surface area contributed by atoms with Crippen molar-refractivity contribution in [1.82, 2.24) is 5.32 Å². The zero-order valence-electron chi connectivity index (χ0n) is 11.4. The predicted octanol–water partition coefficient (Wildman–Crippen LogP) is 2.47. The van der Waals surface area contributed by atoms with Gasteiger partial charge in [-0.3, -0.25) is 4.79 Å². The van der Waals surface area contributed by atoms with Crippen LogP contribution in [0.5, 0.6) is 0 Å². The molecule has 0 spiro atoms. The molecule has 0 heterocycles. The predicted molar refractivity (Wildman–Crippen MR) is 77.1 cm³/mol. The first-order chi connectivity index (χ1) is 8.58. The highest BCUT2D eigenvalue weighted by atomic mass is 32.2. The molecule has 0 radical (unpaired) electrons. The van der Waals surface area contributed by atoms with Gasteiger partial charge in [0.2, 0.25) is 0 Å². The van der Waals surface area contributed by atoms with E-state index in [-0.39, 0.29) is 12.0 Å². The first-order valence-electron chi connectivity index (χ1n) is 5.97. The number of rotatable bonds is 6. The minimum absolute atomic E-state index is 0.171. The molecule has 100 valence electrons. The molecule has 0 aromatic heterocycles. The van der Waals surface area contributed by atoms with Gasteiger partial charge in [0.1, 0.15) is 0 Å². The summed E-state index contributed by atoms with van der Waals surface area (Å²) in [6, 6.07) is 6.72. The summed E-state index contributed by atoms with van der Waals surface area (Å²) < 4.78 is 4.63. The molecule has 0 fully saturated rings. The number of esters is 1. The SMILES string of the molecule is CNC(CSCC(=O)OC)c1cc(C)ccc1C. The zero-order chi connectivity index (χ0) is 13.5. The van der Waals surface area contributed by atoms with E-state index in [1.54, 1.807) is 11.8 Å². The van der Waals surface area contributed by atoms with E-state index in [4.69, 9.17) is 0 Å². The molecular formula is C14H21NO2S. The van der Waals surface area contributed by atoms with Gasteiger partial charge in [0.25, 0.3) is 0 Å². The normalized spacial score (nSPS) is 12.2. The Bertz CT molecular complexity index is 407. The Morgan fingerprint density at radius 2 is 2.17 bits per heavy atom. The van der Waals surface area contributed by atoms with Crippen LogP contribution in [0.25, 0.3) is 0 Å². The van der Waals surface area contributed by atoms with Crippen molar-refractivity contribution in [1.29, 1.82) is 0 Å². The second kappa shape index (κ2) is 7.44. The molecule has 1 N–H and O–H groups in total. The fourth-order valence-corrected chi connectivity index (χ4v) is 2.77. The van der Waals surface area contributed by atoms with E-state index in [1.165, 1.54) is 23.8 Å². The average molecular weight is 267 g/mol. The Hall–Kier alpha value is -1.00. The largest absolute Gasteiger partial charge is 0.468 e. The molecule has 1 unspecified atom stereocenters. The molecule has 0 saturated heterocycles. The third-order valence-electron chi connectivity index (χ3n) is 2.89. The van der Waals surface area contributed by atoms with E-state index in [2.05, 4.69) is 42.1 Å². The van der Waals surface area contributed by atoms with Crippen molar-refractivity contribution in [3.63, 3.8) is 0 Å². The van der Waals surface area contributed by atoms with Gasteiger partial charge in [-0.05, 0) is 32.0 Å². The molecule has 0 amide bonds. The summed E-state index contributed by atoms with van der Waals surface area (Å²) in [5.41, 5.74) is 3.84. The molecule has 4 heteroatoms. The van der Waals surface area contributed by atoms with Crippen LogP contribution in [0, 0.1) is 13.8 Å². The summed E-state index contributed by atoms with van der Waals surface area (Å²) >= 11 is 1.59. The lowest BCUT2D eigenvalue weighted by molar-refractivity contribution is -0.137. The molecule has 1 aromatic carbocycles. The molecule has 1 atom stereocenters. The van der Waals surface area contributed by atoms with Gasteiger partial charge in [-0.25, -0.2) is 0 Å². The fourth-order valence-electron chi connectivity index (χ4n) is 1.78. The molecule has 0 saturated carbocycles. The highest BCUT2D eigenvalue weighted by Crippen LogP contribution is 2.22. The van der Waals surface area contributed by atoms with Crippen LogP contribution in [-0.2, 0) is 9.53 Å². The van der Waals surface area contributed by atoms with E-state index in [0.717, 1.165) is 5.75 Å². The molecule has 1 aromatic rings. The first-order valence-corrected chi connectivity index (χ1v) is 7.13. The van der Waals surface area contributed by atoms with Crippen molar-refractivity contribution >= 4 is 17.7 Å². The van der Waals surface area contributed by atoms with Crippen LogP contribution in [0.3, 0.4) is 0 Å². The molecule has 1 rings (SSSR count). The Morgan fingerprint density at radius 1 is 1.44 bits per heavy atom. The molecule has 0 aliphatic heterocycles. The Balaban J connectivity index is 2.65. The van der Waals surface area contributed by atoms with E-state index >= 15 is 0 Å². The number of benzene rings is 1. The topological polar surface area (TPSA) is 38.3 Å². The van der Waals surface area contributed by atoms with Gasteiger partial charge in [0.05, 0.1) is 12.9 Å².